The molecule has 4 heteroatoms. The van der Waals surface area contributed by atoms with Gasteiger partial charge in [-0.25, -0.2) is 0 Å². The molecule has 1 aromatic carbocycles. The van der Waals surface area contributed by atoms with Crippen molar-refractivity contribution >= 4 is 16.5 Å². The molecule has 0 unspecified atom stereocenters. The third-order valence-corrected chi connectivity index (χ3v) is 2.57. The number of pyridine rings is 1. The second-order valence-electron chi connectivity index (χ2n) is 3.77. The van der Waals surface area contributed by atoms with Gasteiger partial charge in [0.25, 0.3) is 0 Å². The molecule has 0 saturated heterocycles. The van der Waals surface area contributed by atoms with Crippen LogP contribution < -0.4 is 10.5 Å². The van der Waals surface area contributed by atoms with Crippen LogP contribution in [-0.2, 0) is 4.74 Å². The fourth-order valence-corrected chi connectivity index (χ4v) is 1.68. The highest BCUT2D eigenvalue weighted by molar-refractivity contribution is 5.95. The third-order valence-electron chi connectivity index (χ3n) is 2.57. The number of nitrogens with two attached hydrogens (primary N) is 1. The first-order chi connectivity index (χ1) is 8.33. The van der Waals surface area contributed by atoms with Gasteiger partial charge in [-0.1, -0.05) is 0 Å². The maximum Gasteiger partial charge on any atom is 0.142 e. The molecule has 0 atom stereocenters. The predicted molar refractivity (Wildman–Crippen MR) is 68.1 cm³/mol. The number of benzene rings is 1. The second kappa shape index (κ2) is 5.50. The van der Waals surface area contributed by atoms with Crippen LogP contribution in [0.25, 0.3) is 10.8 Å². The fourth-order valence-electron chi connectivity index (χ4n) is 1.68. The lowest BCUT2D eigenvalue weighted by Crippen LogP contribution is -2.03. The molecule has 0 amide bonds. The van der Waals surface area contributed by atoms with E-state index < -0.39 is 0 Å². The Bertz CT molecular complexity index is 500. The zero-order chi connectivity index (χ0) is 12.1. The Labute approximate surface area is 100 Å². The number of rotatable bonds is 5. The van der Waals surface area contributed by atoms with E-state index in [2.05, 4.69) is 4.98 Å². The van der Waals surface area contributed by atoms with Crippen molar-refractivity contribution in [3.63, 3.8) is 0 Å². The molecule has 0 aliphatic carbocycles. The van der Waals surface area contributed by atoms with E-state index in [4.69, 9.17) is 15.2 Å². The van der Waals surface area contributed by atoms with Gasteiger partial charge in [0.05, 0.1) is 12.3 Å². The minimum Gasteiger partial charge on any atom is -0.491 e. The van der Waals surface area contributed by atoms with Gasteiger partial charge in [0.2, 0.25) is 0 Å². The lowest BCUT2D eigenvalue weighted by molar-refractivity contribution is 0.172. The summed E-state index contributed by atoms with van der Waals surface area (Å²) in [6.45, 7) is 1.30. The number of anilines is 1. The normalized spacial score (nSPS) is 10.6. The van der Waals surface area contributed by atoms with E-state index in [1.54, 1.807) is 19.5 Å². The second-order valence-corrected chi connectivity index (χ2v) is 3.77. The summed E-state index contributed by atoms with van der Waals surface area (Å²) in [6.07, 6.45) is 4.37. The van der Waals surface area contributed by atoms with Crippen molar-refractivity contribution in [2.75, 3.05) is 26.1 Å². The molecule has 0 aliphatic rings. The molecule has 0 fully saturated rings. The summed E-state index contributed by atoms with van der Waals surface area (Å²) < 4.78 is 10.6. The molecule has 90 valence electrons. The topological polar surface area (TPSA) is 57.4 Å². The quantitative estimate of drug-likeness (QED) is 0.634. The van der Waals surface area contributed by atoms with Crippen LogP contribution in [0, 0.1) is 0 Å². The number of hydrogen-bond acceptors (Lipinski definition) is 4. The van der Waals surface area contributed by atoms with Crippen LogP contribution >= 0.6 is 0 Å². The Morgan fingerprint density at radius 1 is 1.24 bits per heavy atom. The van der Waals surface area contributed by atoms with Gasteiger partial charge in [-0.2, -0.15) is 0 Å². The van der Waals surface area contributed by atoms with E-state index in [1.807, 2.05) is 18.2 Å². The summed E-state index contributed by atoms with van der Waals surface area (Å²) in [7, 11) is 1.68. The van der Waals surface area contributed by atoms with E-state index >= 15 is 0 Å². The van der Waals surface area contributed by atoms with Crippen LogP contribution in [0.5, 0.6) is 5.75 Å². The maximum absolute atomic E-state index is 6.05. The molecule has 2 rings (SSSR count). The molecule has 1 aromatic heterocycles. The average molecular weight is 232 g/mol. The molecule has 0 bridgehead atoms. The number of aromatic nitrogens is 1. The lowest BCUT2D eigenvalue weighted by Gasteiger charge is -2.10. The average Bonchev–Trinajstić information content (AvgIpc) is 2.37. The first kappa shape index (κ1) is 11.7. The van der Waals surface area contributed by atoms with Crippen LogP contribution in [0.3, 0.4) is 0 Å². The molecule has 0 saturated carbocycles. The highest BCUT2D eigenvalue weighted by atomic mass is 16.5. The molecule has 17 heavy (non-hydrogen) atoms. The number of nitrogens with zero attached hydrogens (tertiary/aromatic N) is 1. The molecule has 0 aliphatic heterocycles. The van der Waals surface area contributed by atoms with Gasteiger partial charge in [-0.3, -0.25) is 4.98 Å². The summed E-state index contributed by atoms with van der Waals surface area (Å²) in [6, 6.07) is 5.74. The number of nitrogen functional groups attached to an aromatic ring is 1. The SMILES string of the molecule is COCCCOc1ccc2cnccc2c1N. The lowest BCUT2D eigenvalue weighted by atomic mass is 10.1. The Morgan fingerprint density at radius 2 is 2.12 bits per heavy atom. The zero-order valence-corrected chi connectivity index (χ0v) is 9.85. The molecule has 2 N–H and O–H groups in total. The predicted octanol–water partition coefficient (Wildman–Crippen LogP) is 2.23. The summed E-state index contributed by atoms with van der Waals surface area (Å²) in [5.74, 6) is 0.722. The van der Waals surface area contributed by atoms with Crippen molar-refractivity contribution < 1.29 is 9.47 Å². The van der Waals surface area contributed by atoms with Crippen LogP contribution in [0.1, 0.15) is 6.42 Å². The fraction of sp³-hybridized carbons (Fsp3) is 0.308. The van der Waals surface area contributed by atoms with Gasteiger partial charge in [0, 0.05) is 43.3 Å². The van der Waals surface area contributed by atoms with Crippen LogP contribution in [0.4, 0.5) is 5.69 Å². The van der Waals surface area contributed by atoms with Crippen LogP contribution in [0.15, 0.2) is 30.6 Å². The molecule has 2 aromatic rings. The number of hydrogen-bond donors (Lipinski definition) is 1. The minimum atomic E-state index is 0.606. The molecule has 0 radical (unpaired) electrons. The van der Waals surface area contributed by atoms with E-state index in [9.17, 15) is 0 Å². The number of fused-ring (bicyclic) bond motifs is 1. The van der Waals surface area contributed by atoms with Crippen LogP contribution in [0.2, 0.25) is 0 Å². The van der Waals surface area contributed by atoms with Crippen molar-refractivity contribution in [2.45, 2.75) is 6.42 Å². The largest absolute Gasteiger partial charge is 0.491 e. The van der Waals surface area contributed by atoms with E-state index in [0.29, 0.717) is 18.9 Å². The van der Waals surface area contributed by atoms with Crippen LogP contribution in [-0.4, -0.2) is 25.3 Å². The van der Waals surface area contributed by atoms with Crippen molar-refractivity contribution in [3.05, 3.63) is 30.6 Å². The Morgan fingerprint density at radius 3 is 2.94 bits per heavy atom. The van der Waals surface area contributed by atoms with Gasteiger partial charge in [-0.15, -0.1) is 0 Å². The van der Waals surface area contributed by atoms with Gasteiger partial charge in [-0.05, 0) is 18.2 Å². The highest BCUT2D eigenvalue weighted by Gasteiger charge is 2.04. The van der Waals surface area contributed by atoms with Gasteiger partial charge < -0.3 is 15.2 Å². The third kappa shape index (κ3) is 2.65. The highest BCUT2D eigenvalue weighted by Crippen LogP contribution is 2.29. The maximum atomic E-state index is 6.05. The monoisotopic (exact) mass is 232 g/mol. The summed E-state index contributed by atoms with van der Waals surface area (Å²) >= 11 is 0. The Kier molecular flexibility index (Phi) is 3.77. The van der Waals surface area contributed by atoms with Crippen molar-refractivity contribution in [1.29, 1.82) is 0 Å². The van der Waals surface area contributed by atoms with Gasteiger partial charge in [0.15, 0.2) is 0 Å². The van der Waals surface area contributed by atoms with E-state index in [-0.39, 0.29) is 0 Å². The van der Waals surface area contributed by atoms with E-state index in [0.717, 1.165) is 22.9 Å². The Balaban J connectivity index is 2.15. The standard InChI is InChI=1S/C13H16N2O2/c1-16-7-2-8-17-12-4-3-10-9-15-6-5-11(10)13(12)14/h3-6,9H,2,7-8,14H2,1H3. The van der Waals surface area contributed by atoms with E-state index in [1.165, 1.54) is 0 Å². The summed E-state index contributed by atoms with van der Waals surface area (Å²) in [5, 5.41) is 2.00. The first-order valence-corrected chi connectivity index (χ1v) is 5.57. The number of methoxy groups -OCH3 is 1. The number of ether oxygens (including phenoxy) is 2. The van der Waals surface area contributed by atoms with Gasteiger partial charge >= 0.3 is 0 Å². The Hall–Kier alpha value is -1.81. The van der Waals surface area contributed by atoms with Gasteiger partial charge in [0.1, 0.15) is 5.75 Å². The minimum absolute atomic E-state index is 0.606. The van der Waals surface area contributed by atoms with Crippen molar-refractivity contribution in [3.8, 4) is 5.75 Å². The smallest absolute Gasteiger partial charge is 0.142 e. The molecular formula is C13H16N2O2. The van der Waals surface area contributed by atoms with Crippen molar-refractivity contribution in [2.24, 2.45) is 0 Å². The first-order valence-electron chi connectivity index (χ1n) is 5.57. The summed E-state index contributed by atoms with van der Waals surface area (Å²) in [4.78, 5) is 4.06. The molecular weight excluding hydrogens is 216 g/mol. The molecule has 4 nitrogen and oxygen atoms in total. The zero-order valence-electron chi connectivity index (χ0n) is 9.85. The summed E-state index contributed by atoms with van der Waals surface area (Å²) in [5.41, 5.74) is 6.72. The molecule has 0 spiro atoms. The van der Waals surface area contributed by atoms with Crippen molar-refractivity contribution in [1.82, 2.24) is 4.98 Å². The molecule has 1 heterocycles.